The van der Waals surface area contributed by atoms with E-state index in [1.54, 1.807) is 26.4 Å². The summed E-state index contributed by atoms with van der Waals surface area (Å²) in [6, 6.07) is 15.2. The van der Waals surface area contributed by atoms with Crippen LogP contribution in [0.15, 0.2) is 42.5 Å². The number of aryl methyl sites for hydroxylation is 1. The van der Waals surface area contributed by atoms with Gasteiger partial charge in [0, 0.05) is 13.0 Å². The van der Waals surface area contributed by atoms with E-state index in [0.717, 1.165) is 11.1 Å². The van der Waals surface area contributed by atoms with Crippen LogP contribution >= 0.6 is 0 Å². The van der Waals surface area contributed by atoms with Crippen LogP contribution in [0.5, 0.6) is 11.5 Å². The smallest absolute Gasteiger partial charge is 0.223 e. The van der Waals surface area contributed by atoms with Crippen molar-refractivity contribution in [3.8, 4) is 17.6 Å². The van der Waals surface area contributed by atoms with Crippen molar-refractivity contribution in [2.75, 3.05) is 20.8 Å². The van der Waals surface area contributed by atoms with E-state index in [4.69, 9.17) is 14.7 Å². The number of methoxy groups -OCH3 is 2. The first-order chi connectivity index (χ1) is 13.0. The second kappa shape index (κ2) is 9.63. The number of carbonyl (C=O) groups excluding carboxylic acids is 1. The maximum absolute atomic E-state index is 12.8. The minimum atomic E-state index is -0.0411. The Morgan fingerprint density at radius 1 is 1.11 bits per heavy atom. The molecule has 0 aliphatic heterocycles. The van der Waals surface area contributed by atoms with Crippen molar-refractivity contribution in [3.05, 3.63) is 59.2 Å². The zero-order valence-corrected chi connectivity index (χ0v) is 16.4. The van der Waals surface area contributed by atoms with Crippen LogP contribution < -0.4 is 9.47 Å². The number of amides is 1. The molecule has 2 rings (SSSR count). The van der Waals surface area contributed by atoms with Crippen LogP contribution in [0, 0.1) is 11.3 Å². The van der Waals surface area contributed by atoms with E-state index in [-0.39, 0.29) is 11.9 Å². The molecule has 0 aliphatic rings. The van der Waals surface area contributed by atoms with E-state index >= 15 is 0 Å². The summed E-state index contributed by atoms with van der Waals surface area (Å²) in [7, 11) is 3.20. The largest absolute Gasteiger partial charge is 0.493 e. The van der Waals surface area contributed by atoms with Crippen LogP contribution in [0.3, 0.4) is 0 Å². The lowest BCUT2D eigenvalue weighted by atomic mass is 10.0. The minimum Gasteiger partial charge on any atom is -0.493 e. The van der Waals surface area contributed by atoms with E-state index in [2.05, 4.69) is 6.07 Å². The Hall–Kier alpha value is -3.00. The SMILES string of the molecule is CCN(C(=O)CCc1ccc(OC)c(OC)c1)C(C)c1ccc(C#N)cc1. The van der Waals surface area contributed by atoms with Gasteiger partial charge in [-0.3, -0.25) is 4.79 Å². The first kappa shape index (κ1) is 20.3. The van der Waals surface area contributed by atoms with Gasteiger partial charge in [-0.05, 0) is 55.7 Å². The van der Waals surface area contributed by atoms with Gasteiger partial charge in [-0.1, -0.05) is 18.2 Å². The normalized spacial score (nSPS) is 11.4. The minimum absolute atomic E-state index is 0.0411. The van der Waals surface area contributed by atoms with E-state index in [0.29, 0.717) is 36.4 Å². The third-order valence-electron chi connectivity index (χ3n) is 4.73. The number of rotatable bonds is 8. The Morgan fingerprint density at radius 2 is 1.78 bits per heavy atom. The fraction of sp³-hybridized carbons (Fsp3) is 0.364. The molecule has 0 spiro atoms. The van der Waals surface area contributed by atoms with Crippen molar-refractivity contribution in [2.24, 2.45) is 0 Å². The summed E-state index contributed by atoms with van der Waals surface area (Å²) >= 11 is 0. The van der Waals surface area contributed by atoms with Gasteiger partial charge >= 0.3 is 0 Å². The number of carbonyl (C=O) groups is 1. The summed E-state index contributed by atoms with van der Waals surface area (Å²) in [4.78, 5) is 14.6. The third-order valence-corrected chi connectivity index (χ3v) is 4.73. The molecule has 0 aromatic heterocycles. The molecule has 1 unspecified atom stereocenters. The molecule has 27 heavy (non-hydrogen) atoms. The molecule has 0 saturated heterocycles. The van der Waals surface area contributed by atoms with Gasteiger partial charge in [0.1, 0.15) is 0 Å². The number of benzene rings is 2. The van der Waals surface area contributed by atoms with E-state index in [9.17, 15) is 4.79 Å². The topological polar surface area (TPSA) is 62.6 Å². The van der Waals surface area contributed by atoms with Crippen LogP contribution in [0.25, 0.3) is 0 Å². The zero-order chi connectivity index (χ0) is 19.8. The summed E-state index contributed by atoms with van der Waals surface area (Å²) in [5.74, 6) is 1.45. The highest BCUT2D eigenvalue weighted by atomic mass is 16.5. The van der Waals surface area contributed by atoms with Crippen LogP contribution in [-0.2, 0) is 11.2 Å². The Bertz CT molecular complexity index is 809. The average molecular weight is 366 g/mol. The second-order valence-electron chi connectivity index (χ2n) is 6.28. The Morgan fingerprint density at radius 3 is 2.33 bits per heavy atom. The van der Waals surface area contributed by atoms with E-state index in [1.807, 2.05) is 49.1 Å². The molecule has 1 amide bonds. The van der Waals surface area contributed by atoms with Crippen molar-refractivity contribution in [3.63, 3.8) is 0 Å². The second-order valence-corrected chi connectivity index (χ2v) is 6.28. The van der Waals surface area contributed by atoms with E-state index < -0.39 is 0 Å². The Balaban J connectivity index is 2.05. The number of ether oxygens (including phenoxy) is 2. The number of hydrogen-bond donors (Lipinski definition) is 0. The molecule has 1 atom stereocenters. The molecule has 2 aromatic rings. The molecular formula is C22H26N2O3. The Labute approximate surface area is 161 Å². The lowest BCUT2D eigenvalue weighted by Gasteiger charge is -2.28. The Kier molecular flexibility index (Phi) is 7.25. The van der Waals surface area contributed by atoms with Crippen molar-refractivity contribution >= 4 is 5.91 Å². The van der Waals surface area contributed by atoms with Crippen molar-refractivity contribution < 1.29 is 14.3 Å². The van der Waals surface area contributed by atoms with Crippen molar-refractivity contribution in [2.45, 2.75) is 32.7 Å². The fourth-order valence-electron chi connectivity index (χ4n) is 3.11. The van der Waals surface area contributed by atoms with Gasteiger partial charge in [0.25, 0.3) is 0 Å². The predicted molar refractivity (Wildman–Crippen MR) is 105 cm³/mol. The number of hydrogen-bond acceptors (Lipinski definition) is 4. The summed E-state index contributed by atoms with van der Waals surface area (Å²) < 4.78 is 10.6. The first-order valence-corrected chi connectivity index (χ1v) is 9.04. The molecule has 0 saturated carbocycles. The zero-order valence-electron chi connectivity index (χ0n) is 16.4. The highest BCUT2D eigenvalue weighted by Crippen LogP contribution is 2.28. The molecule has 5 heteroatoms. The van der Waals surface area contributed by atoms with Crippen LogP contribution in [0.4, 0.5) is 0 Å². The summed E-state index contributed by atoms with van der Waals surface area (Å²) in [6.45, 7) is 4.62. The molecule has 0 heterocycles. The van der Waals surface area contributed by atoms with Gasteiger partial charge in [0.15, 0.2) is 11.5 Å². The summed E-state index contributed by atoms with van der Waals surface area (Å²) in [5, 5.41) is 8.93. The lowest BCUT2D eigenvalue weighted by molar-refractivity contribution is -0.133. The highest BCUT2D eigenvalue weighted by Gasteiger charge is 2.20. The molecule has 5 nitrogen and oxygen atoms in total. The summed E-state index contributed by atoms with van der Waals surface area (Å²) in [5.41, 5.74) is 2.67. The number of nitriles is 1. The van der Waals surface area contributed by atoms with Gasteiger partial charge in [-0.2, -0.15) is 5.26 Å². The number of nitrogens with zero attached hydrogens (tertiary/aromatic N) is 2. The molecule has 0 aliphatic carbocycles. The lowest BCUT2D eigenvalue weighted by Crippen LogP contribution is -2.33. The van der Waals surface area contributed by atoms with E-state index in [1.165, 1.54) is 0 Å². The third kappa shape index (κ3) is 5.01. The monoisotopic (exact) mass is 366 g/mol. The molecule has 2 aromatic carbocycles. The molecule has 0 radical (unpaired) electrons. The molecule has 0 fully saturated rings. The van der Waals surface area contributed by atoms with Gasteiger partial charge in [-0.15, -0.1) is 0 Å². The van der Waals surface area contributed by atoms with Gasteiger partial charge in [0.05, 0.1) is 31.9 Å². The standard InChI is InChI=1S/C22H26N2O3/c1-5-24(16(2)19-10-6-18(15-23)7-11-19)22(25)13-9-17-8-12-20(26-3)21(14-17)27-4/h6-8,10-12,14,16H,5,9,13H2,1-4H3. The quantitative estimate of drug-likeness (QED) is 0.705. The van der Waals surface area contributed by atoms with Crippen molar-refractivity contribution in [1.29, 1.82) is 5.26 Å². The predicted octanol–water partition coefficient (Wildman–Crippen LogP) is 4.12. The van der Waals surface area contributed by atoms with Gasteiger partial charge in [0.2, 0.25) is 5.91 Å². The maximum Gasteiger partial charge on any atom is 0.223 e. The highest BCUT2D eigenvalue weighted by molar-refractivity contribution is 5.77. The van der Waals surface area contributed by atoms with Gasteiger partial charge < -0.3 is 14.4 Å². The molecular weight excluding hydrogens is 340 g/mol. The fourth-order valence-corrected chi connectivity index (χ4v) is 3.11. The average Bonchev–Trinajstić information content (AvgIpc) is 2.72. The maximum atomic E-state index is 12.8. The van der Waals surface area contributed by atoms with Crippen LogP contribution in [-0.4, -0.2) is 31.6 Å². The molecule has 0 bridgehead atoms. The van der Waals surface area contributed by atoms with Crippen molar-refractivity contribution in [1.82, 2.24) is 4.90 Å². The van der Waals surface area contributed by atoms with Gasteiger partial charge in [-0.25, -0.2) is 0 Å². The summed E-state index contributed by atoms with van der Waals surface area (Å²) in [6.07, 6.45) is 1.06. The van der Waals surface area contributed by atoms with Crippen LogP contribution in [0.2, 0.25) is 0 Å². The van der Waals surface area contributed by atoms with Crippen LogP contribution in [0.1, 0.15) is 43.0 Å². The molecule has 0 N–H and O–H groups in total. The first-order valence-electron chi connectivity index (χ1n) is 9.04. The molecule has 142 valence electrons.